The first-order chi connectivity index (χ1) is 7.06. The van der Waals surface area contributed by atoms with Gasteiger partial charge in [-0.3, -0.25) is 4.79 Å². The second-order valence-corrected chi connectivity index (χ2v) is 3.07. The molecule has 1 atom stereocenters. The third kappa shape index (κ3) is 2.57. The third-order valence-electron chi connectivity index (χ3n) is 2.08. The summed E-state index contributed by atoms with van der Waals surface area (Å²) in [7, 11) is 1.55. The first-order valence-electron chi connectivity index (χ1n) is 4.37. The molecular formula is C11H13NO3. The van der Waals surface area contributed by atoms with Gasteiger partial charge in [0.15, 0.2) is 0 Å². The van der Waals surface area contributed by atoms with Crippen molar-refractivity contribution in [1.82, 2.24) is 0 Å². The SMILES string of the molecule is C=C(C(N)=O)[C@@H](O)c1ccc(OC)cc1. The normalized spacial score (nSPS) is 11.9. The second-order valence-electron chi connectivity index (χ2n) is 3.07. The number of rotatable bonds is 4. The molecule has 0 aliphatic heterocycles. The minimum atomic E-state index is -1.06. The monoisotopic (exact) mass is 207 g/mol. The van der Waals surface area contributed by atoms with Crippen LogP contribution in [0.5, 0.6) is 5.75 Å². The highest BCUT2D eigenvalue weighted by Gasteiger charge is 2.15. The van der Waals surface area contributed by atoms with Crippen molar-refractivity contribution in [2.45, 2.75) is 6.10 Å². The molecule has 80 valence electrons. The van der Waals surface area contributed by atoms with Crippen molar-refractivity contribution < 1.29 is 14.6 Å². The number of aliphatic hydroxyl groups excluding tert-OH is 1. The van der Waals surface area contributed by atoms with E-state index in [1.807, 2.05) is 0 Å². The van der Waals surface area contributed by atoms with Crippen LogP contribution in [0.2, 0.25) is 0 Å². The van der Waals surface area contributed by atoms with Crippen molar-refractivity contribution in [1.29, 1.82) is 0 Å². The minimum absolute atomic E-state index is 0.0276. The van der Waals surface area contributed by atoms with Gasteiger partial charge in [0, 0.05) is 5.57 Å². The van der Waals surface area contributed by atoms with Crippen LogP contribution in [0.25, 0.3) is 0 Å². The Hall–Kier alpha value is -1.81. The molecule has 1 amide bonds. The van der Waals surface area contributed by atoms with Crippen LogP contribution in [0.1, 0.15) is 11.7 Å². The van der Waals surface area contributed by atoms with Crippen LogP contribution in [0.4, 0.5) is 0 Å². The Bertz CT molecular complexity index is 370. The Morgan fingerprint density at radius 2 is 2.00 bits per heavy atom. The molecule has 4 nitrogen and oxygen atoms in total. The number of methoxy groups -OCH3 is 1. The molecule has 15 heavy (non-hydrogen) atoms. The molecule has 0 spiro atoms. The van der Waals surface area contributed by atoms with Gasteiger partial charge in [-0.25, -0.2) is 0 Å². The van der Waals surface area contributed by atoms with Crippen LogP contribution >= 0.6 is 0 Å². The fourth-order valence-electron chi connectivity index (χ4n) is 1.12. The quantitative estimate of drug-likeness (QED) is 0.716. The number of benzene rings is 1. The van der Waals surface area contributed by atoms with Crippen LogP contribution in [0.3, 0.4) is 0 Å². The number of nitrogens with two attached hydrogens (primary N) is 1. The number of hydrogen-bond donors (Lipinski definition) is 2. The number of primary amides is 1. The maximum atomic E-state index is 10.8. The number of carbonyl (C=O) groups is 1. The number of aliphatic hydroxyl groups is 1. The van der Waals surface area contributed by atoms with E-state index in [-0.39, 0.29) is 5.57 Å². The van der Waals surface area contributed by atoms with Gasteiger partial charge in [0.25, 0.3) is 0 Å². The Morgan fingerprint density at radius 3 is 2.40 bits per heavy atom. The largest absolute Gasteiger partial charge is 0.497 e. The average molecular weight is 207 g/mol. The molecule has 1 aromatic rings. The number of ether oxygens (including phenoxy) is 1. The van der Waals surface area contributed by atoms with Crippen LogP contribution in [-0.4, -0.2) is 18.1 Å². The van der Waals surface area contributed by atoms with Gasteiger partial charge >= 0.3 is 0 Å². The Kier molecular flexibility index (Phi) is 3.46. The Balaban J connectivity index is 2.87. The van der Waals surface area contributed by atoms with E-state index in [4.69, 9.17) is 10.5 Å². The summed E-state index contributed by atoms with van der Waals surface area (Å²) in [5.41, 5.74) is 5.53. The van der Waals surface area contributed by atoms with E-state index < -0.39 is 12.0 Å². The predicted molar refractivity (Wildman–Crippen MR) is 56.3 cm³/mol. The summed E-state index contributed by atoms with van der Waals surface area (Å²) in [5, 5.41) is 9.68. The lowest BCUT2D eigenvalue weighted by molar-refractivity contribution is -0.115. The molecule has 0 saturated carbocycles. The van der Waals surface area contributed by atoms with E-state index >= 15 is 0 Å². The summed E-state index contributed by atoms with van der Waals surface area (Å²) in [6.45, 7) is 3.42. The molecule has 0 bridgehead atoms. The molecule has 0 saturated heterocycles. The molecule has 1 rings (SSSR count). The first-order valence-corrected chi connectivity index (χ1v) is 4.37. The van der Waals surface area contributed by atoms with E-state index in [1.165, 1.54) is 0 Å². The lowest BCUT2D eigenvalue weighted by Gasteiger charge is -2.11. The van der Waals surface area contributed by atoms with Crippen molar-refractivity contribution in [3.05, 3.63) is 42.0 Å². The fourth-order valence-corrected chi connectivity index (χ4v) is 1.12. The van der Waals surface area contributed by atoms with E-state index in [2.05, 4.69) is 6.58 Å². The maximum absolute atomic E-state index is 10.8. The van der Waals surface area contributed by atoms with Crippen molar-refractivity contribution >= 4 is 5.91 Å². The van der Waals surface area contributed by atoms with Crippen molar-refractivity contribution in [3.63, 3.8) is 0 Å². The summed E-state index contributed by atoms with van der Waals surface area (Å²) in [6.07, 6.45) is -1.06. The Morgan fingerprint density at radius 1 is 1.47 bits per heavy atom. The standard InChI is InChI=1S/C11H13NO3/c1-7(11(12)14)10(13)8-3-5-9(15-2)6-4-8/h3-6,10,13H,1H2,2H3,(H2,12,14)/t10-/m1/s1. The highest BCUT2D eigenvalue weighted by atomic mass is 16.5. The highest BCUT2D eigenvalue weighted by molar-refractivity contribution is 5.92. The van der Waals surface area contributed by atoms with Gasteiger partial charge in [-0.1, -0.05) is 18.7 Å². The second kappa shape index (κ2) is 4.61. The maximum Gasteiger partial charge on any atom is 0.247 e. The third-order valence-corrected chi connectivity index (χ3v) is 2.08. The van der Waals surface area contributed by atoms with E-state index in [1.54, 1.807) is 31.4 Å². The van der Waals surface area contributed by atoms with Gasteiger partial charge in [-0.2, -0.15) is 0 Å². The van der Waals surface area contributed by atoms with Gasteiger partial charge in [0.2, 0.25) is 5.91 Å². The van der Waals surface area contributed by atoms with Crippen LogP contribution in [0.15, 0.2) is 36.4 Å². The van der Waals surface area contributed by atoms with E-state index in [0.29, 0.717) is 11.3 Å². The number of carbonyl (C=O) groups excluding carboxylic acids is 1. The summed E-state index contributed by atoms with van der Waals surface area (Å²) in [4.78, 5) is 10.8. The number of amides is 1. The molecule has 0 aromatic heterocycles. The van der Waals surface area contributed by atoms with Crippen molar-refractivity contribution in [3.8, 4) is 5.75 Å². The zero-order valence-corrected chi connectivity index (χ0v) is 8.43. The summed E-state index contributed by atoms with van der Waals surface area (Å²) < 4.78 is 4.96. The molecule has 0 aliphatic carbocycles. The molecule has 4 heteroatoms. The zero-order chi connectivity index (χ0) is 11.4. The predicted octanol–water partition coefficient (Wildman–Crippen LogP) is 0.770. The van der Waals surface area contributed by atoms with E-state index in [0.717, 1.165) is 0 Å². The molecule has 1 aromatic carbocycles. The highest BCUT2D eigenvalue weighted by Crippen LogP contribution is 2.22. The van der Waals surface area contributed by atoms with Crippen LogP contribution < -0.4 is 10.5 Å². The smallest absolute Gasteiger partial charge is 0.247 e. The van der Waals surface area contributed by atoms with E-state index in [9.17, 15) is 9.90 Å². The lowest BCUT2D eigenvalue weighted by Crippen LogP contribution is -2.18. The molecule has 3 N–H and O–H groups in total. The molecule has 0 unspecified atom stereocenters. The molecule has 0 aliphatic rings. The van der Waals surface area contributed by atoms with Gasteiger partial charge in [0.05, 0.1) is 7.11 Å². The summed E-state index contributed by atoms with van der Waals surface area (Å²) >= 11 is 0. The van der Waals surface area contributed by atoms with Gasteiger partial charge in [-0.05, 0) is 17.7 Å². The summed E-state index contributed by atoms with van der Waals surface area (Å²) in [5.74, 6) is -0.0334. The molecule has 0 fully saturated rings. The van der Waals surface area contributed by atoms with Crippen molar-refractivity contribution in [2.24, 2.45) is 5.73 Å². The summed E-state index contributed by atoms with van der Waals surface area (Å²) in [6, 6.07) is 6.68. The van der Waals surface area contributed by atoms with Gasteiger partial charge < -0.3 is 15.6 Å². The fraction of sp³-hybridized carbons (Fsp3) is 0.182. The average Bonchev–Trinajstić information content (AvgIpc) is 2.27. The number of hydrogen-bond acceptors (Lipinski definition) is 3. The molecular weight excluding hydrogens is 194 g/mol. The molecule has 0 radical (unpaired) electrons. The van der Waals surface area contributed by atoms with Gasteiger partial charge in [-0.15, -0.1) is 0 Å². The minimum Gasteiger partial charge on any atom is -0.497 e. The van der Waals surface area contributed by atoms with Crippen LogP contribution in [-0.2, 0) is 4.79 Å². The van der Waals surface area contributed by atoms with Crippen LogP contribution in [0, 0.1) is 0 Å². The molecule has 0 heterocycles. The topological polar surface area (TPSA) is 72.6 Å². The Labute approximate surface area is 88.0 Å². The zero-order valence-electron chi connectivity index (χ0n) is 8.43. The van der Waals surface area contributed by atoms with Gasteiger partial charge in [0.1, 0.15) is 11.9 Å². The van der Waals surface area contributed by atoms with Crippen molar-refractivity contribution in [2.75, 3.05) is 7.11 Å². The first kappa shape index (κ1) is 11.3. The lowest BCUT2D eigenvalue weighted by atomic mass is 10.0.